The normalized spacial score (nSPS) is 15.0. The lowest BCUT2D eigenvalue weighted by Crippen LogP contribution is -2.48. The molecule has 2 aromatic carbocycles. The summed E-state index contributed by atoms with van der Waals surface area (Å²) < 4.78 is 2.05. The highest BCUT2D eigenvalue weighted by Gasteiger charge is 2.28. The highest BCUT2D eigenvalue weighted by Crippen LogP contribution is 2.34. The lowest BCUT2D eigenvalue weighted by atomic mass is 10.0. The third-order valence-corrected chi connectivity index (χ3v) is 6.61. The minimum absolute atomic E-state index is 0.00971. The third-order valence-electron chi connectivity index (χ3n) is 6.61. The highest BCUT2D eigenvalue weighted by atomic mass is 16.2. The van der Waals surface area contributed by atoms with Crippen LogP contribution in [0.25, 0.3) is 28.0 Å². The highest BCUT2D eigenvalue weighted by molar-refractivity contribution is 5.94. The summed E-state index contributed by atoms with van der Waals surface area (Å²) in [6.45, 7) is 3.66. The van der Waals surface area contributed by atoms with Gasteiger partial charge in [0.1, 0.15) is 5.65 Å². The van der Waals surface area contributed by atoms with E-state index in [2.05, 4.69) is 17.1 Å². The van der Waals surface area contributed by atoms with Crippen molar-refractivity contribution >= 4 is 23.4 Å². The van der Waals surface area contributed by atoms with Gasteiger partial charge in [0.2, 0.25) is 17.7 Å². The minimum atomic E-state index is -0.489. The largest absolute Gasteiger partial charge is 0.366 e. The smallest absolute Gasteiger partial charge is 0.248 e. The first kappa shape index (κ1) is 23.3. The van der Waals surface area contributed by atoms with Crippen LogP contribution < -0.4 is 16.8 Å². The number of piperazine rings is 1. The molecule has 1 atom stereocenters. The maximum atomic E-state index is 12.1. The molecule has 36 heavy (non-hydrogen) atoms. The average molecular weight is 483 g/mol. The molecule has 1 aliphatic rings. The van der Waals surface area contributed by atoms with Gasteiger partial charge in [0.05, 0.1) is 24.0 Å². The number of carbonyl (C=O) groups excluding carboxylic acids is 3. The van der Waals surface area contributed by atoms with Crippen molar-refractivity contribution < 1.29 is 14.4 Å². The van der Waals surface area contributed by atoms with Crippen LogP contribution in [0.4, 0.5) is 0 Å². The molecule has 9 nitrogen and oxygen atoms in total. The Morgan fingerprint density at radius 2 is 1.47 bits per heavy atom. The van der Waals surface area contributed by atoms with Crippen LogP contribution in [0.2, 0.25) is 0 Å². The van der Waals surface area contributed by atoms with Crippen LogP contribution in [0.15, 0.2) is 66.9 Å². The van der Waals surface area contributed by atoms with E-state index >= 15 is 0 Å². The molecule has 0 saturated carbocycles. The van der Waals surface area contributed by atoms with Crippen molar-refractivity contribution in [1.29, 1.82) is 0 Å². The van der Waals surface area contributed by atoms with E-state index in [-0.39, 0.29) is 11.9 Å². The van der Waals surface area contributed by atoms with Crippen molar-refractivity contribution in [3.63, 3.8) is 0 Å². The van der Waals surface area contributed by atoms with Gasteiger partial charge in [-0.1, -0.05) is 24.3 Å². The van der Waals surface area contributed by atoms with Gasteiger partial charge in [-0.3, -0.25) is 19.3 Å². The Kier molecular flexibility index (Phi) is 5.99. The zero-order valence-corrected chi connectivity index (χ0v) is 19.8. The van der Waals surface area contributed by atoms with Gasteiger partial charge in [-0.2, -0.15) is 0 Å². The van der Waals surface area contributed by atoms with Crippen molar-refractivity contribution in [3.05, 3.63) is 83.7 Å². The van der Waals surface area contributed by atoms with E-state index in [1.54, 1.807) is 24.3 Å². The van der Waals surface area contributed by atoms with Crippen LogP contribution in [0, 0.1) is 0 Å². The molecule has 0 aliphatic carbocycles. The molecule has 3 amide bonds. The third kappa shape index (κ3) is 4.32. The quantitative estimate of drug-likeness (QED) is 0.388. The van der Waals surface area contributed by atoms with E-state index in [9.17, 15) is 14.4 Å². The molecule has 4 aromatic rings. The summed E-state index contributed by atoms with van der Waals surface area (Å²) in [5, 5.41) is 2.88. The lowest BCUT2D eigenvalue weighted by Gasteiger charge is -2.32. The number of nitrogens with one attached hydrogen (secondary N) is 1. The number of hydrogen-bond acceptors (Lipinski definition) is 5. The second-order valence-corrected chi connectivity index (χ2v) is 8.87. The van der Waals surface area contributed by atoms with Crippen LogP contribution in [0.3, 0.4) is 0 Å². The van der Waals surface area contributed by atoms with Crippen molar-refractivity contribution in [2.45, 2.75) is 13.0 Å². The van der Waals surface area contributed by atoms with Crippen molar-refractivity contribution in [3.8, 4) is 22.4 Å². The maximum absolute atomic E-state index is 12.1. The number of nitrogens with zero attached hydrogens (tertiary/aromatic N) is 3. The maximum Gasteiger partial charge on any atom is 0.248 e. The lowest BCUT2D eigenvalue weighted by molar-refractivity contribution is -0.124. The predicted molar refractivity (Wildman–Crippen MR) is 136 cm³/mol. The first-order valence-electron chi connectivity index (χ1n) is 11.6. The summed E-state index contributed by atoms with van der Waals surface area (Å²) in [7, 11) is 0. The number of amides is 3. The van der Waals surface area contributed by atoms with E-state index < -0.39 is 11.8 Å². The van der Waals surface area contributed by atoms with Crippen LogP contribution in [0.5, 0.6) is 0 Å². The number of pyridine rings is 1. The van der Waals surface area contributed by atoms with Gasteiger partial charge in [0.25, 0.3) is 0 Å². The van der Waals surface area contributed by atoms with E-state index in [1.165, 1.54) is 0 Å². The summed E-state index contributed by atoms with van der Waals surface area (Å²) in [4.78, 5) is 42.2. The summed E-state index contributed by atoms with van der Waals surface area (Å²) in [6.07, 6.45) is 2.01. The number of carbonyl (C=O) groups is 3. The Morgan fingerprint density at radius 3 is 2.06 bits per heavy atom. The van der Waals surface area contributed by atoms with E-state index in [0.29, 0.717) is 30.8 Å². The van der Waals surface area contributed by atoms with Gasteiger partial charge in [0, 0.05) is 36.0 Å². The second-order valence-electron chi connectivity index (χ2n) is 8.87. The molecule has 1 saturated heterocycles. The molecule has 0 bridgehead atoms. The molecule has 9 heteroatoms. The monoisotopic (exact) mass is 482 g/mol. The Morgan fingerprint density at radius 1 is 0.889 bits per heavy atom. The average Bonchev–Trinajstić information content (AvgIpc) is 3.27. The van der Waals surface area contributed by atoms with E-state index in [4.69, 9.17) is 16.5 Å². The van der Waals surface area contributed by atoms with Gasteiger partial charge in [0.15, 0.2) is 0 Å². The summed E-state index contributed by atoms with van der Waals surface area (Å²) in [5.41, 5.74) is 16.8. The summed E-state index contributed by atoms with van der Waals surface area (Å²) in [6, 6.07) is 18.0. The number of imidazole rings is 1. The molecule has 3 heterocycles. The SMILES string of the molecule is CC(c1c(-c2ccc(C(N)=O)cc2)nc2ccc(-c3ccc(C(N)=O)cc3)cn12)N1CCNC(=O)C1. The molecule has 2 aromatic heterocycles. The molecule has 5 rings (SSSR count). The Bertz CT molecular complexity index is 1470. The van der Waals surface area contributed by atoms with Gasteiger partial charge >= 0.3 is 0 Å². The molecule has 1 fully saturated rings. The van der Waals surface area contributed by atoms with Crippen LogP contribution >= 0.6 is 0 Å². The standard InChI is InChI=1S/C27H26N6O3/c1-16(32-13-12-30-23(34)15-32)25-24(18-4-8-20(9-5-18)27(29)36)31-22-11-10-21(14-33(22)25)17-2-6-19(7-3-17)26(28)35/h2-11,14,16H,12-13,15H2,1H3,(H2,28,35)(H2,29,36)(H,30,34). The number of hydrogen-bond donors (Lipinski definition) is 3. The molecule has 1 unspecified atom stereocenters. The van der Waals surface area contributed by atoms with Gasteiger partial charge in [-0.15, -0.1) is 0 Å². The van der Waals surface area contributed by atoms with Gasteiger partial charge in [-0.05, 0) is 54.4 Å². The first-order chi connectivity index (χ1) is 17.3. The second kappa shape index (κ2) is 9.27. The summed E-state index contributed by atoms with van der Waals surface area (Å²) >= 11 is 0. The van der Waals surface area contributed by atoms with Crippen LogP contribution in [-0.4, -0.2) is 51.6 Å². The number of aromatic nitrogens is 2. The van der Waals surface area contributed by atoms with Crippen molar-refractivity contribution in [2.75, 3.05) is 19.6 Å². The van der Waals surface area contributed by atoms with Crippen molar-refractivity contribution in [2.24, 2.45) is 11.5 Å². The fourth-order valence-electron chi connectivity index (χ4n) is 4.63. The van der Waals surface area contributed by atoms with Crippen LogP contribution in [0.1, 0.15) is 39.4 Å². The number of fused-ring (bicyclic) bond motifs is 1. The van der Waals surface area contributed by atoms with E-state index in [1.807, 2.05) is 47.0 Å². The Labute approximate surface area is 207 Å². The number of benzene rings is 2. The summed E-state index contributed by atoms with van der Waals surface area (Å²) in [5.74, 6) is -0.971. The zero-order valence-electron chi connectivity index (χ0n) is 19.8. The molecule has 0 radical (unpaired) electrons. The Hall–Kier alpha value is -4.50. The van der Waals surface area contributed by atoms with Crippen molar-refractivity contribution in [1.82, 2.24) is 19.6 Å². The Balaban J connectivity index is 1.64. The topological polar surface area (TPSA) is 136 Å². The zero-order chi connectivity index (χ0) is 25.4. The fourth-order valence-corrected chi connectivity index (χ4v) is 4.63. The predicted octanol–water partition coefficient (Wildman–Crippen LogP) is 2.36. The van der Waals surface area contributed by atoms with Gasteiger partial charge in [-0.25, -0.2) is 4.98 Å². The fraction of sp³-hybridized carbons (Fsp3) is 0.185. The molecular weight excluding hydrogens is 456 g/mol. The molecule has 5 N–H and O–H groups in total. The molecular formula is C27H26N6O3. The number of rotatable bonds is 6. The van der Waals surface area contributed by atoms with E-state index in [0.717, 1.165) is 33.7 Å². The molecule has 0 spiro atoms. The minimum Gasteiger partial charge on any atom is -0.366 e. The van der Waals surface area contributed by atoms with Crippen LogP contribution in [-0.2, 0) is 4.79 Å². The first-order valence-corrected chi connectivity index (χ1v) is 11.6. The van der Waals surface area contributed by atoms with Gasteiger partial charge < -0.3 is 21.2 Å². The molecule has 1 aliphatic heterocycles. The number of nitrogens with two attached hydrogens (primary N) is 2. The number of primary amides is 2. The molecule has 182 valence electrons.